The van der Waals surface area contributed by atoms with E-state index in [-0.39, 0.29) is 57.9 Å². The minimum atomic E-state index is -0.327. The van der Waals surface area contributed by atoms with Gasteiger partial charge in [-0.2, -0.15) is 0 Å². The molecule has 0 saturated carbocycles. The molecule has 1 aliphatic heterocycles. The molecular formula is C27H27BrN2O7. The van der Waals surface area contributed by atoms with Gasteiger partial charge in [0.25, 0.3) is 11.8 Å². The van der Waals surface area contributed by atoms with Crippen LogP contribution < -0.4 is 34.3 Å². The van der Waals surface area contributed by atoms with Crippen LogP contribution in [0.3, 0.4) is 0 Å². The number of fused-ring (bicyclic) bond motifs is 3. The first-order valence-corrected chi connectivity index (χ1v) is 12.5. The molecule has 0 unspecified atom stereocenters. The van der Waals surface area contributed by atoms with E-state index in [9.17, 15) is 9.59 Å². The van der Waals surface area contributed by atoms with Crippen LogP contribution in [0.25, 0.3) is 0 Å². The normalized spacial score (nSPS) is 14.9. The third-order valence-electron chi connectivity index (χ3n) is 5.16. The number of carbonyl (C=O) groups is 2. The highest BCUT2D eigenvalue weighted by atomic mass is 79.9. The van der Waals surface area contributed by atoms with Gasteiger partial charge in [-0.1, -0.05) is 52.3 Å². The van der Waals surface area contributed by atoms with Crippen molar-refractivity contribution in [3.63, 3.8) is 0 Å². The quantitative estimate of drug-likeness (QED) is 0.496. The molecule has 0 fully saturated rings. The summed E-state index contributed by atoms with van der Waals surface area (Å²) in [7, 11) is 0. The van der Waals surface area contributed by atoms with Crippen molar-refractivity contribution < 1.29 is 33.3 Å². The average molecular weight is 571 g/mol. The first-order chi connectivity index (χ1) is 18.1. The Morgan fingerprint density at radius 1 is 0.703 bits per heavy atom. The maximum absolute atomic E-state index is 12.4. The summed E-state index contributed by atoms with van der Waals surface area (Å²) in [4.78, 5) is 24.8. The number of nitrogens with one attached hydrogen (secondary N) is 2. The topological polar surface area (TPSA) is 104 Å². The van der Waals surface area contributed by atoms with Crippen LogP contribution in [-0.2, 0) is 16.2 Å². The van der Waals surface area contributed by atoms with Gasteiger partial charge in [0, 0.05) is 4.47 Å². The second-order valence-electron chi connectivity index (χ2n) is 7.92. The molecule has 0 saturated heterocycles. The van der Waals surface area contributed by atoms with E-state index in [1.165, 1.54) is 0 Å². The van der Waals surface area contributed by atoms with Crippen LogP contribution in [0.2, 0.25) is 0 Å². The van der Waals surface area contributed by atoms with Gasteiger partial charge in [0.1, 0.15) is 19.8 Å². The molecule has 194 valence electrons. The maximum atomic E-state index is 12.4. The molecule has 4 rings (SSSR count). The van der Waals surface area contributed by atoms with Crippen LogP contribution in [0, 0.1) is 0 Å². The van der Waals surface area contributed by atoms with Gasteiger partial charge in [0.2, 0.25) is 5.75 Å². The van der Waals surface area contributed by atoms with E-state index in [0.29, 0.717) is 28.7 Å². The van der Waals surface area contributed by atoms with Gasteiger partial charge in [-0.25, -0.2) is 0 Å². The summed E-state index contributed by atoms with van der Waals surface area (Å²) in [6, 6.07) is 20.0. The van der Waals surface area contributed by atoms with Crippen LogP contribution in [-0.4, -0.2) is 51.3 Å². The Balaban J connectivity index is 1.48. The lowest BCUT2D eigenvalue weighted by Gasteiger charge is -2.17. The summed E-state index contributed by atoms with van der Waals surface area (Å²) in [5.74, 6) is 1.34. The summed E-state index contributed by atoms with van der Waals surface area (Å²) < 4.78 is 29.9. The van der Waals surface area contributed by atoms with Crippen molar-refractivity contribution >= 4 is 27.7 Å². The van der Waals surface area contributed by atoms with E-state index in [4.69, 9.17) is 23.7 Å². The number of hydrogen-bond acceptors (Lipinski definition) is 7. The lowest BCUT2D eigenvalue weighted by Crippen LogP contribution is -2.32. The highest BCUT2D eigenvalue weighted by molar-refractivity contribution is 9.10. The SMILES string of the molecule is O=C1COc2cccc(c2OCc2ccccc2)OCC(=O)NCCOc2cc(Br)ccc2OCCN1. The van der Waals surface area contributed by atoms with Gasteiger partial charge >= 0.3 is 0 Å². The van der Waals surface area contributed by atoms with E-state index < -0.39 is 0 Å². The van der Waals surface area contributed by atoms with E-state index in [1.807, 2.05) is 36.4 Å². The third-order valence-corrected chi connectivity index (χ3v) is 5.65. The molecule has 3 aromatic rings. The smallest absolute Gasteiger partial charge is 0.258 e. The van der Waals surface area contributed by atoms with Crippen molar-refractivity contribution in [2.75, 3.05) is 39.5 Å². The Kier molecular flexibility index (Phi) is 9.47. The molecule has 0 radical (unpaired) electrons. The first kappa shape index (κ1) is 26.2. The molecule has 2 amide bonds. The second-order valence-corrected chi connectivity index (χ2v) is 8.84. The summed E-state index contributed by atoms with van der Waals surface area (Å²) in [6.45, 7) is 0.773. The van der Waals surface area contributed by atoms with Crippen molar-refractivity contribution in [3.8, 4) is 28.7 Å². The lowest BCUT2D eigenvalue weighted by molar-refractivity contribution is -0.123. The van der Waals surface area contributed by atoms with E-state index in [2.05, 4.69) is 26.6 Å². The molecule has 2 bridgehead atoms. The Labute approximate surface area is 223 Å². The molecule has 1 aliphatic rings. The average Bonchev–Trinajstić information content (AvgIpc) is 2.91. The van der Waals surface area contributed by atoms with Gasteiger partial charge in [-0.05, 0) is 35.9 Å². The molecule has 1 heterocycles. The van der Waals surface area contributed by atoms with E-state index in [1.54, 1.807) is 30.3 Å². The van der Waals surface area contributed by atoms with Gasteiger partial charge in [-0.15, -0.1) is 0 Å². The zero-order valence-corrected chi connectivity index (χ0v) is 21.6. The first-order valence-electron chi connectivity index (χ1n) is 11.7. The van der Waals surface area contributed by atoms with Crippen molar-refractivity contribution in [2.24, 2.45) is 0 Å². The molecular weight excluding hydrogens is 544 g/mol. The molecule has 0 aliphatic carbocycles. The number of para-hydroxylation sites is 1. The van der Waals surface area contributed by atoms with Gasteiger partial charge in [-0.3, -0.25) is 9.59 Å². The molecule has 3 aromatic carbocycles. The zero-order valence-electron chi connectivity index (χ0n) is 20.0. The number of benzene rings is 3. The van der Waals surface area contributed by atoms with Gasteiger partial charge < -0.3 is 34.3 Å². The van der Waals surface area contributed by atoms with Crippen LogP contribution in [0.1, 0.15) is 5.56 Å². The zero-order chi connectivity index (χ0) is 25.9. The number of amides is 2. The Morgan fingerprint density at radius 2 is 1.32 bits per heavy atom. The molecule has 9 nitrogen and oxygen atoms in total. The van der Waals surface area contributed by atoms with Crippen LogP contribution in [0.5, 0.6) is 28.7 Å². The Hall–Kier alpha value is -3.92. The third kappa shape index (κ3) is 8.04. The summed E-state index contributed by atoms with van der Waals surface area (Å²) >= 11 is 3.42. The Bertz CT molecular complexity index is 1210. The highest BCUT2D eigenvalue weighted by Crippen LogP contribution is 2.38. The van der Waals surface area contributed by atoms with Crippen LogP contribution >= 0.6 is 15.9 Å². The largest absolute Gasteiger partial charge is 0.488 e. The summed E-state index contributed by atoms with van der Waals surface area (Å²) in [5.41, 5.74) is 0.942. The molecule has 2 N–H and O–H groups in total. The van der Waals surface area contributed by atoms with Gasteiger partial charge in [0.05, 0.1) is 13.1 Å². The fraction of sp³-hybridized carbons (Fsp3) is 0.259. The molecule has 10 heteroatoms. The fourth-order valence-corrected chi connectivity index (χ4v) is 3.74. The maximum Gasteiger partial charge on any atom is 0.258 e. The molecule has 37 heavy (non-hydrogen) atoms. The second kappa shape index (κ2) is 13.4. The predicted molar refractivity (Wildman–Crippen MR) is 139 cm³/mol. The molecule has 0 atom stereocenters. The Morgan fingerprint density at radius 3 is 1.97 bits per heavy atom. The number of carbonyl (C=O) groups excluding carboxylic acids is 2. The highest BCUT2D eigenvalue weighted by Gasteiger charge is 2.16. The monoisotopic (exact) mass is 570 g/mol. The van der Waals surface area contributed by atoms with Crippen molar-refractivity contribution in [2.45, 2.75) is 6.61 Å². The van der Waals surface area contributed by atoms with Crippen molar-refractivity contribution in [1.82, 2.24) is 10.6 Å². The molecule has 0 aromatic heterocycles. The fourth-order valence-electron chi connectivity index (χ4n) is 3.40. The van der Waals surface area contributed by atoms with Crippen molar-refractivity contribution in [3.05, 3.63) is 76.8 Å². The van der Waals surface area contributed by atoms with E-state index >= 15 is 0 Å². The summed E-state index contributed by atoms with van der Waals surface area (Å²) in [5, 5.41) is 5.53. The number of rotatable bonds is 3. The van der Waals surface area contributed by atoms with Crippen molar-refractivity contribution in [1.29, 1.82) is 0 Å². The van der Waals surface area contributed by atoms with E-state index in [0.717, 1.165) is 10.0 Å². The van der Waals surface area contributed by atoms with Gasteiger partial charge in [0.15, 0.2) is 36.2 Å². The minimum Gasteiger partial charge on any atom is -0.488 e. The lowest BCUT2D eigenvalue weighted by atomic mass is 10.2. The molecule has 0 spiro atoms. The minimum absolute atomic E-state index is 0.226. The number of halogens is 1. The van der Waals surface area contributed by atoms with Crippen LogP contribution in [0.4, 0.5) is 0 Å². The standard InChI is InChI=1S/C27H27BrN2O7/c28-20-9-10-21-24(15-20)34-14-12-30-26(32)18-36-23-8-4-7-22(35-17-25(31)29-11-13-33-21)27(23)37-16-19-5-2-1-3-6-19/h1-10,15H,11-14,16-18H2,(H,29,31)(H,30,32). The summed E-state index contributed by atoms with van der Waals surface area (Å²) in [6.07, 6.45) is 0. The predicted octanol–water partition coefficient (Wildman–Crippen LogP) is 3.49. The van der Waals surface area contributed by atoms with Crippen LogP contribution in [0.15, 0.2) is 71.2 Å². The number of hydrogen-bond donors (Lipinski definition) is 2. The number of ether oxygens (including phenoxy) is 5.